The molecule has 1 heterocycles. The molecule has 0 aliphatic heterocycles. The van der Waals surface area contributed by atoms with E-state index in [1.807, 2.05) is 13.0 Å². The summed E-state index contributed by atoms with van der Waals surface area (Å²) >= 11 is 5.16. The maximum Gasteiger partial charge on any atom is 0.234 e. The first kappa shape index (κ1) is 13.7. The smallest absolute Gasteiger partial charge is 0.234 e. The fraction of sp³-hybridized carbons (Fsp3) is 0.545. The Morgan fingerprint density at radius 1 is 1.50 bits per heavy atom. The molecule has 3 nitrogen and oxygen atoms in total. The Morgan fingerprint density at radius 3 is 2.75 bits per heavy atom. The van der Waals surface area contributed by atoms with Gasteiger partial charge in [0.25, 0.3) is 0 Å². The van der Waals surface area contributed by atoms with Crippen LogP contribution in [0.1, 0.15) is 18.7 Å². The van der Waals surface area contributed by atoms with E-state index in [1.165, 1.54) is 4.88 Å². The highest BCUT2D eigenvalue weighted by Gasteiger charge is 2.09. The third-order valence-electron chi connectivity index (χ3n) is 2.20. The largest absolute Gasteiger partial charge is 0.355 e. The van der Waals surface area contributed by atoms with Gasteiger partial charge < -0.3 is 5.32 Å². The zero-order chi connectivity index (χ0) is 12.0. The van der Waals surface area contributed by atoms with Gasteiger partial charge in [-0.25, -0.2) is 0 Å². The van der Waals surface area contributed by atoms with Gasteiger partial charge in [0.2, 0.25) is 5.91 Å². The van der Waals surface area contributed by atoms with E-state index in [0.717, 1.165) is 16.9 Å². The van der Waals surface area contributed by atoms with Gasteiger partial charge in [0.1, 0.15) is 0 Å². The number of nitrogens with zero attached hydrogens (tertiary/aromatic N) is 1. The van der Waals surface area contributed by atoms with Crippen LogP contribution in [0, 0.1) is 0 Å². The number of halogens is 1. The molecular weight excluding hydrogens is 288 g/mol. The van der Waals surface area contributed by atoms with E-state index in [-0.39, 0.29) is 5.91 Å². The number of rotatable bonds is 6. The number of carbonyl (C=O) groups excluding carboxylic acids is 1. The van der Waals surface area contributed by atoms with Crippen molar-refractivity contribution in [3.63, 3.8) is 0 Å². The summed E-state index contributed by atoms with van der Waals surface area (Å²) in [5, 5.41) is 2.81. The first-order valence-corrected chi connectivity index (χ1v) is 7.00. The number of nitrogens with one attached hydrogen (secondary N) is 1. The summed E-state index contributed by atoms with van der Waals surface area (Å²) in [6.07, 6.45) is 0. The van der Waals surface area contributed by atoms with E-state index in [0.29, 0.717) is 13.1 Å². The van der Waals surface area contributed by atoms with Crippen LogP contribution in [0.25, 0.3) is 0 Å². The van der Waals surface area contributed by atoms with Gasteiger partial charge in [-0.2, -0.15) is 0 Å². The van der Waals surface area contributed by atoms with Crippen molar-refractivity contribution < 1.29 is 4.79 Å². The van der Waals surface area contributed by atoms with Crippen LogP contribution < -0.4 is 5.32 Å². The third kappa shape index (κ3) is 4.63. The first-order valence-electron chi connectivity index (χ1n) is 5.39. The topological polar surface area (TPSA) is 32.3 Å². The molecule has 0 bridgehead atoms. The molecule has 1 N–H and O–H groups in total. The quantitative estimate of drug-likeness (QED) is 0.875. The minimum atomic E-state index is 0.0972. The lowest BCUT2D eigenvalue weighted by Gasteiger charge is -2.18. The first-order chi connectivity index (χ1) is 7.65. The Morgan fingerprint density at radius 2 is 2.25 bits per heavy atom. The Hall–Kier alpha value is -0.390. The van der Waals surface area contributed by atoms with Crippen LogP contribution in [0.4, 0.5) is 0 Å². The molecule has 90 valence electrons. The van der Waals surface area contributed by atoms with Crippen molar-refractivity contribution in [3.8, 4) is 0 Å². The van der Waals surface area contributed by atoms with Crippen LogP contribution in [-0.2, 0) is 11.3 Å². The zero-order valence-corrected chi connectivity index (χ0v) is 12.0. The van der Waals surface area contributed by atoms with Crippen LogP contribution in [0.3, 0.4) is 0 Å². The summed E-state index contributed by atoms with van der Waals surface area (Å²) in [5.41, 5.74) is 0. The fourth-order valence-corrected chi connectivity index (χ4v) is 2.92. The molecule has 0 radical (unpaired) electrons. The second-order valence-corrected chi connectivity index (χ2v) is 6.01. The van der Waals surface area contributed by atoms with Gasteiger partial charge in [-0.1, -0.05) is 6.92 Å². The monoisotopic (exact) mass is 304 g/mol. The van der Waals surface area contributed by atoms with Gasteiger partial charge in [0.15, 0.2) is 0 Å². The molecule has 1 aromatic heterocycles. The van der Waals surface area contributed by atoms with Crippen LogP contribution in [0.2, 0.25) is 0 Å². The minimum absolute atomic E-state index is 0.0972. The van der Waals surface area contributed by atoms with E-state index in [1.54, 1.807) is 11.3 Å². The molecule has 0 aliphatic carbocycles. The van der Waals surface area contributed by atoms with Gasteiger partial charge in [0.05, 0.1) is 10.3 Å². The van der Waals surface area contributed by atoms with Crippen molar-refractivity contribution in [2.45, 2.75) is 20.4 Å². The van der Waals surface area contributed by atoms with E-state index in [4.69, 9.17) is 0 Å². The lowest BCUT2D eigenvalue weighted by atomic mass is 10.4. The van der Waals surface area contributed by atoms with Gasteiger partial charge in [-0.3, -0.25) is 9.69 Å². The number of thiophene rings is 1. The standard InChI is InChI=1S/C11H17BrN2OS/c1-3-13-11(15)8-14(4-2)7-9-5-6-10(12)16-9/h5-6H,3-4,7-8H2,1-2H3,(H,13,15). The van der Waals surface area contributed by atoms with E-state index in [9.17, 15) is 4.79 Å². The molecule has 0 fully saturated rings. The minimum Gasteiger partial charge on any atom is -0.355 e. The molecule has 0 unspecified atom stereocenters. The summed E-state index contributed by atoms with van der Waals surface area (Å²) in [6.45, 7) is 6.89. The highest BCUT2D eigenvalue weighted by Crippen LogP contribution is 2.23. The number of amides is 1. The highest BCUT2D eigenvalue weighted by molar-refractivity contribution is 9.11. The number of hydrogen-bond acceptors (Lipinski definition) is 3. The molecule has 0 aromatic carbocycles. The van der Waals surface area contributed by atoms with Crippen molar-refractivity contribution >= 4 is 33.2 Å². The van der Waals surface area contributed by atoms with E-state index >= 15 is 0 Å². The van der Waals surface area contributed by atoms with Crippen molar-refractivity contribution in [3.05, 3.63) is 20.8 Å². The van der Waals surface area contributed by atoms with Gasteiger partial charge >= 0.3 is 0 Å². The second-order valence-electron chi connectivity index (χ2n) is 3.46. The Kier molecular flexibility index (Phi) is 6.01. The average molecular weight is 305 g/mol. The lowest BCUT2D eigenvalue weighted by Crippen LogP contribution is -2.36. The van der Waals surface area contributed by atoms with Crippen molar-refractivity contribution in [2.24, 2.45) is 0 Å². The SMILES string of the molecule is CCNC(=O)CN(CC)Cc1ccc(Br)s1. The Labute approximate surface area is 109 Å². The normalized spacial score (nSPS) is 10.8. The van der Waals surface area contributed by atoms with Gasteiger partial charge in [-0.15, -0.1) is 11.3 Å². The molecule has 0 saturated heterocycles. The molecule has 0 spiro atoms. The molecule has 5 heteroatoms. The summed E-state index contributed by atoms with van der Waals surface area (Å²) in [5.74, 6) is 0.0972. The van der Waals surface area contributed by atoms with Crippen molar-refractivity contribution in [1.29, 1.82) is 0 Å². The molecule has 0 aliphatic rings. The predicted molar refractivity (Wildman–Crippen MR) is 71.7 cm³/mol. The third-order valence-corrected chi connectivity index (χ3v) is 3.81. The average Bonchev–Trinajstić information content (AvgIpc) is 2.63. The Bertz CT molecular complexity index is 340. The van der Waals surface area contributed by atoms with E-state index in [2.05, 4.69) is 39.1 Å². The lowest BCUT2D eigenvalue weighted by molar-refractivity contribution is -0.122. The Balaban J connectivity index is 2.45. The summed E-state index contributed by atoms with van der Waals surface area (Å²) < 4.78 is 1.14. The zero-order valence-electron chi connectivity index (χ0n) is 9.62. The molecule has 16 heavy (non-hydrogen) atoms. The van der Waals surface area contributed by atoms with Crippen LogP contribution in [-0.4, -0.2) is 30.4 Å². The van der Waals surface area contributed by atoms with Gasteiger partial charge in [-0.05, 0) is 41.5 Å². The van der Waals surface area contributed by atoms with E-state index < -0.39 is 0 Å². The maximum absolute atomic E-state index is 11.4. The maximum atomic E-state index is 11.4. The van der Waals surface area contributed by atoms with Crippen molar-refractivity contribution in [2.75, 3.05) is 19.6 Å². The molecule has 1 rings (SSSR count). The molecule has 0 atom stereocenters. The van der Waals surface area contributed by atoms with Gasteiger partial charge in [0, 0.05) is 18.0 Å². The molecule has 1 aromatic rings. The summed E-state index contributed by atoms with van der Waals surface area (Å²) in [6, 6.07) is 4.13. The highest BCUT2D eigenvalue weighted by atomic mass is 79.9. The molecule has 0 saturated carbocycles. The number of carbonyl (C=O) groups is 1. The molecule has 1 amide bonds. The van der Waals surface area contributed by atoms with Crippen LogP contribution >= 0.6 is 27.3 Å². The van der Waals surface area contributed by atoms with Crippen LogP contribution in [0.5, 0.6) is 0 Å². The summed E-state index contributed by atoms with van der Waals surface area (Å²) in [4.78, 5) is 14.9. The summed E-state index contributed by atoms with van der Waals surface area (Å²) in [7, 11) is 0. The molecular formula is C11H17BrN2OS. The van der Waals surface area contributed by atoms with Crippen LogP contribution in [0.15, 0.2) is 15.9 Å². The number of likely N-dealkylation sites (N-methyl/N-ethyl adjacent to an activating group) is 2. The second kappa shape index (κ2) is 7.04. The number of hydrogen-bond donors (Lipinski definition) is 1. The van der Waals surface area contributed by atoms with Crippen molar-refractivity contribution in [1.82, 2.24) is 10.2 Å². The fourth-order valence-electron chi connectivity index (χ4n) is 1.39. The predicted octanol–water partition coefficient (Wildman–Crippen LogP) is 2.47.